The lowest BCUT2D eigenvalue weighted by atomic mass is 9.93. The van der Waals surface area contributed by atoms with Crippen molar-refractivity contribution in [2.45, 2.75) is 84.0 Å². The maximum absolute atomic E-state index is 12.2. The lowest BCUT2D eigenvalue weighted by Crippen LogP contribution is -2.47. The fraction of sp³-hybridized carbons (Fsp3) is 0.375. The van der Waals surface area contributed by atoms with E-state index in [0.29, 0.717) is 25.3 Å². The zero-order chi connectivity index (χ0) is 34.1. The maximum Gasteiger partial charge on any atom is 0.337 e. The van der Waals surface area contributed by atoms with Crippen LogP contribution < -0.4 is 14.8 Å². The van der Waals surface area contributed by atoms with E-state index < -0.39 is 8.32 Å². The fourth-order valence-corrected chi connectivity index (χ4v) is 6.34. The fourth-order valence-electron chi connectivity index (χ4n) is 5.06. The smallest absolute Gasteiger partial charge is 0.337 e. The molecule has 0 aliphatic heterocycles. The lowest BCUT2D eigenvalue weighted by Gasteiger charge is -2.40. The lowest BCUT2D eigenvalue weighted by molar-refractivity contribution is 0.0600. The van der Waals surface area contributed by atoms with Crippen molar-refractivity contribution < 1.29 is 23.4 Å². The van der Waals surface area contributed by atoms with Crippen LogP contribution in [0.1, 0.15) is 73.3 Å². The molecule has 0 aliphatic carbocycles. The van der Waals surface area contributed by atoms with Crippen LogP contribution in [0.3, 0.4) is 0 Å². The number of hydrogen-bond acceptors (Lipinski definition) is 6. The number of hydrogen-bond donors (Lipinski definition) is 1. The number of esters is 1. The van der Waals surface area contributed by atoms with Crippen molar-refractivity contribution in [2.75, 3.05) is 13.7 Å². The van der Waals surface area contributed by atoms with Gasteiger partial charge in [0.2, 0.25) is 0 Å². The summed E-state index contributed by atoms with van der Waals surface area (Å²) in [5, 5.41) is 3.81. The van der Waals surface area contributed by atoms with Crippen LogP contribution in [0.25, 0.3) is 0 Å². The monoisotopic (exact) mass is 653 g/mol. The van der Waals surface area contributed by atoms with E-state index in [9.17, 15) is 4.79 Å². The standard InChI is InChI=1S/C40H51NO5Si/c1-39(2,3)47(7,8)46-37(27-41-40(4,5)26-32-20-15-21-33(22-32)38(42)43-6)34-23-35(44-28-30-16-11-9-12-17-30)25-36(24-34)45-29-31-18-13-10-14-19-31/h9-25,37,41H,26-29H2,1-8H3. The molecule has 7 heteroatoms. The largest absolute Gasteiger partial charge is 0.489 e. The predicted octanol–water partition coefficient (Wildman–Crippen LogP) is 9.31. The number of methoxy groups -OCH3 is 1. The molecule has 0 aliphatic rings. The van der Waals surface area contributed by atoms with Crippen LogP contribution >= 0.6 is 0 Å². The predicted molar refractivity (Wildman–Crippen MR) is 193 cm³/mol. The highest BCUT2D eigenvalue weighted by Crippen LogP contribution is 2.41. The molecule has 250 valence electrons. The quantitative estimate of drug-likeness (QED) is 0.102. The molecule has 1 unspecified atom stereocenters. The number of carbonyl (C=O) groups is 1. The van der Waals surface area contributed by atoms with Gasteiger partial charge in [-0.2, -0.15) is 0 Å². The first-order chi connectivity index (χ1) is 22.2. The molecular weight excluding hydrogens is 603 g/mol. The summed E-state index contributed by atoms with van der Waals surface area (Å²) < 4.78 is 24.8. The van der Waals surface area contributed by atoms with Crippen LogP contribution in [0.2, 0.25) is 18.1 Å². The molecule has 0 aromatic heterocycles. The molecular formula is C40H51NO5Si. The Bertz CT molecular complexity index is 1520. The summed E-state index contributed by atoms with van der Waals surface area (Å²) in [4.78, 5) is 12.2. The molecule has 6 nitrogen and oxygen atoms in total. The SMILES string of the molecule is COC(=O)c1cccc(CC(C)(C)NCC(O[Si](C)(C)C(C)(C)C)c2cc(OCc3ccccc3)cc(OCc3ccccc3)c2)c1. The number of ether oxygens (including phenoxy) is 3. The molecule has 0 spiro atoms. The Kier molecular flexibility index (Phi) is 12.1. The van der Waals surface area contributed by atoms with E-state index in [2.05, 4.69) is 89.4 Å². The average Bonchev–Trinajstić information content (AvgIpc) is 3.04. The summed E-state index contributed by atoms with van der Waals surface area (Å²) in [6, 6.07) is 34.1. The van der Waals surface area contributed by atoms with Gasteiger partial charge in [-0.25, -0.2) is 4.79 Å². The third-order valence-electron chi connectivity index (χ3n) is 8.77. The van der Waals surface area contributed by atoms with E-state index in [-0.39, 0.29) is 22.7 Å². The van der Waals surface area contributed by atoms with Crippen molar-refractivity contribution >= 4 is 14.3 Å². The Morgan fingerprint density at radius 2 is 1.26 bits per heavy atom. The van der Waals surface area contributed by atoms with Gasteiger partial charge in [0.05, 0.1) is 18.8 Å². The van der Waals surface area contributed by atoms with Crippen molar-refractivity contribution in [1.82, 2.24) is 5.32 Å². The van der Waals surface area contributed by atoms with Crippen LogP contribution in [0.15, 0.2) is 103 Å². The van der Waals surface area contributed by atoms with Gasteiger partial charge in [-0.15, -0.1) is 0 Å². The Morgan fingerprint density at radius 3 is 1.77 bits per heavy atom. The molecule has 0 amide bonds. The molecule has 0 saturated carbocycles. The van der Waals surface area contributed by atoms with E-state index in [1.807, 2.05) is 60.7 Å². The van der Waals surface area contributed by atoms with Gasteiger partial charge in [0.15, 0.2) is 8.32 Å². The van der Waals surface area contributed by atoms with E-state index >= 15 is 0 Å². The molecule has 0 fully saturated rings. The minimum absolute atomic E-state index is 0.0170. The molecule has 4 aromatic carbocycles. The van der Waals surface area contributed by atoms with E-state index in [1.54, 1.807) is 6.07 Å². The zero-order valence-corrected chi connectivity index (χ0v) is 30.3. The Hall–Kier alpha value is -3.91. The number of carbonyl (C=O) groups excluding carboxylic acids is 1. The molecule has 47 heavy (non-hydrogen) atoms. The van der Waals surface area contributed by atoms with Gasteiger partial charge in [-0.3, -0.25) is 0 Å². The second-order valence-electron chi connectivity index (χ2n) is 14.3. The first-order valence-corrected chi connectivity index (χ1v) is 19.2. The van der Waals surface area contributed by atoms with Crippen LogP contribution in [0.4, 0.5) is 0 Å². The van der Waals surface area contributed by atoms with Crippen molar-refractivity contribution in [1.29, 1.82) is 0 Å². The summed E-state index contributed by atoms with van der Waals surface area (Å²) in [6.07, 6.45) is 0.465. The minimum Gasteiger partial charge on any atom is -0.489 e. The van der Waals surface area contributed by atoms with Crippen molar-refractivity contribution in [3.63, 3.8) is 0 Å². The summed E-state index contributed by atoms with van der Waals surface area (Å²) >= 11 is 0. The van der Waals surface area contributed by atoms with Gasteiger partial charge in [0.25, 0.3) is 0 Å². The van der Waals surface area contributed by atoms with E-state index in [0.717, 1.165) is 40.2 Å². The second kappa shape index (κ2) is 15.8. The van der Waals surface area contributed by atoms with Gasteiger partial charge >= 0.3 is 5.97 Å². The molecule has 0 heterocycles. The topological polar surface area (TPSA) is 66.0 Å². The van der Waals surface area contributed by atoms with Crippen molar-refractivity contribution in [3.8, 4) is 11.5 Å². The Balaban J connectivity index is 1.63. The third-order valence-corrected chi connectivity index (χ3v) is 13.3. The first-order valence-electron chi connectivity index (χ1n) is 16.3. The molecule has 0 saturated heterocycles. The highest BCUT2D eigenvalue weighted by atomic mass is 28.4. The molecule has 0 radical (unpaired) electrons. The molecule has 1 N–H and O–H groups in total. The summed E-state index contributed by atoms with van der Waals surface area (Å²) in [5.41, 5.74) is 4.50. The van der Waals surface area contributed by atoms with Crippen LogP contribution in [0, 0.1) is 0 Å². The Labute approximate surface area is 282 Å². The molecule has 0 bridgehead atoms. The van der Waals surface area contributed by atoms with Crippen molar-refractivity contribution in [3.05, 3.63) is 131 Å². The second-order valence-corrected chi connectivity index (χ2v) is 19.0. The maximum atomic E-state index is 12.2. The average molecular weight is 654 g/mol. The first kappa shape index (κ1) is 35.9. The van der Waals surface area contributed by atoms with Crippen LogP contribution in [-0.4, -0.2) is 33.5 Å². The van der Waals surface area contributed by atoms with Gasteiger partial charge < -0.3 is 24.0 Å². The molecule has 4 aromatic rings. The van der Waals surface area contributed by atoms with Gasteiger partial charge in [0.1, 0.15) is 24.7 Å². The van der Waals surface area contributed by atoms with Gasteiger partial charge in [-0.05, 0) is 84.9 Å². The van der Waals surface area contributed by atoms with E-state index in [4.69, 9.17) is 18.6 Å². The normalized spacial score (nSPS) is 12.8. The van der Waals surface area contributed by atoms with Gasteiger partial charge in [-0.1, -0.05) is 93.6 Å². The summed E-state index contributed by atoms with van der Waals surface area (Å²) in [6.45, 7) is 17.2. The zero-order valence-electron chi connectivity index (χ0n) is 29.3. The third kappa shape index (κ3) is 10.8. The van der Waals surface area contributed by atoms with E-state index in [1.165, 1.54) is 7.11 Å². The Morgan fingerprint density at radius 1 is 0.723 bits per heavy atom. The number of rotatable bonds is 15. The van der Waals surface area contributed by atoms with Crippen LogP contribution in [-0.2, 0) is 28.8 Å². The summed E-state index contributed by atoms with van der Waals surface area (Å²) in [5.74, 6) is 1.13. The number of benzene rings is 4. The summed E-state index contributed by atoms with van der Waals surface area (Å²) in [7, 11) is -0.790. The minimum atomic E-state index is -2.20. The molecule has 4 rings (SSSR count). The highest BCUT2D eigenvalue weighted by molar-refractivity contribution is 6.74. The van der Waals surface area contributed by atoms with Crippen LogP contribution in [0.5, 0.6) is 11.5 Å². The molecule has 1 atom stereocenters. The van der Waals surface area contributed by atoms with Gasteiger partial charge in [0, 0.05) is 18.2 Å². The highest BCUT2D eigenvalue weighted by Gasteiger charge is 2.40. The van der Waals surface area contributed by atoms with Crippen molar-refractivity contribution in [2.24, 2.45) is 0 Å². The number of nitrogens with one attached hydrogen (secondary N) is 1.